The lowest BCUT2D eigenvalue weighted by Crippen LogP contribution is -2.16. The van der Waals surface area contributed by atoms with Gasteiger partial charge in [0.05, 0.1) is 4.92 Å². The van der Waals surface area contributed by atoms with Gasteiger partial charge in [-0.2, -0.15) is 0 Å². The van der Waals surface area contributed by atoms with E-state index in [4.69, 9.17) is 5.73 Å². The largest absolute Gasteiger partial charge is 0.393 e. The average molecular weight is 286 g/mol. The maximum absolute atomic E-state index is 12.2. The molecule has 7 heteroatoms. The van der Waals surface area contributed by atoms with Crippen molar-refractivity contribution in [1.29, 1.82) is 0 Å². The van der Waals surface area contributed by atoms with Gasteiger partial charge >= 0.3 is 5.69 Å². The summed E-state index contributed by atoms with van der Waals surface area (Å²) in [6.45, 7) is 3.67. The molecule has 0 radical (unpaired) electrons. The quantitative estimate of drug-likeness (QED) is 0.511. The van der Waals surface area contributed by atoms with E-state index in [1.807, 2.05) is 13.0 Å². The molecule has 0 spiro atoms. The smallest absolute Gasteiger partial charge is 0.304 e. The lowest BCUT2D eigenvalue weighted by atomic mass is 10.1. The number of amides is 1. The van der Waals surface area contributed by atoms with Gasteiger partial charge in [0, 0.05) is 5.69 Å². The van der Waals surface area contributed by atoms with Crippen LogP contribution in [0.3, 0.4) is 0 Å². The van der Waals surface area contributed by atoms with Crippen LogP contribution in [0, 0.1) is 24.0 Å². The van der Waals surface area contributed by atoms with Gasteiger partial charge in [0.15, 0.2) is 0 Å². The van der Waals surface area contributed by atoms with Crippen LogP contribution in [-0.2, 0) is 0 Å². The normalized spacial score (nSPS) is 10.2. The number of hydrogen-bond donors (Lipinski definition) is 2. The first-order valence-corrected chi connectivity index (χ1v) is 6.18. The van der Waals surface area contributed by atoms with Crippen molar-refractivity contribution in [3.8, 4) is 0 Å². The zero-order valence-electron chi connectivity index (χ0n) is 11.6. The Labute approximate surface area is 121 Å². The van der Waals surface area contributed by atoms with E-state index in [1.54, 1.807) is 13.0 Å². The Morgan fingerprint density at radius 1 is 1.33 bits per heavy atom. The highest BCUT2D eigenvalue weighted by molar-refractivity contribution is 6.08. The van der Waals surface area contributed by atoms with Gasteiger partial charge in [-0.15, -0.1) is 0 Å². The van der Waals surface area contributed by atoms with Crippen LogP contribution in [0.5, 0.6) is 0 Å². The summed E-state index contributed by atoms with van der Waals surface area (Å²) in [5.41, 5.74) is 6.68. The molecule has 7 nitrogen and oxygen atoms in total. The Kier molecular flexibility index (Phi) is 3.84. The highest BCUT2D eigenvalue weighted by atomic mass is 16.6. The summed E-state index contributed by atoms with van der Waals surface area (Å²) in [5.74, 6) is -0.277. The molecule has 0 aliphatic rings. The van der Waals surface area contributed by atoms with Crippen LogP contribution >= 0.6 is 0 Å². The third-order valence-corrected chi connectivity index (χ3v) is 2.83. The third-order valence-electron chi connectivity index (χ3n) is 2.83. The molecule has 0 atom stereocenters. The SMILES string of the molecule is Cc1cc(C)nc(NC(=O)c2cccc(N)c2[N+](=O)[O-])c1. The van der Waals surface area contributed by atoms with E-state index < -0.39 is 16.5 Å². The van der Waals surface area contributed by atoms with Crippen molar-refractivity contribution >= 4 is 23.1 Å². The van der Waals surface area contributed by atoms with Crippen molar-refractivity contribution in [2.45, 2.75) is 13.8 Å². The van der Waals surface area contributed by atoms with Crippen LogP contribution < -0.4 is 11.1 Å². The summed E-state index contributed by atoms with van der Waals surface area (Å²) >= 11 is 0. The number of rotatable bonds is 3. The van der Waals surface area contributed by atoms with Crippen molar-refractivity contribution in [2.75, 3.05) is 11.1 Å². The lowest BCUT2D eigenvalue weighted by Gasteiger charge is -2.08. The maximum Gasteiger partial charge on any atom is 0.304 e. The lowest BCUT2D eigenvalue weighted by molar-refractivity contribution is -0.384. The molecule has 2 rings (SSSR count). The number of carbonyl (C=O) groups is 1. The number of nitro groups is 1. The minimum absolute atomic E-state index is 0.0546. The predicted octanol–water partition coefficient (Wildman–Crippen LogP) is 2.44. The number of para-hydroxylation sites is 1. The van der Waals surface area contributed by atoms with E-state index in [1.165, 1.54) is 18.2 Å². The number of nitro benzene ring substituents is 1. The maximum atomic E-state index is 12.2. The predicted molar refractivity (Wildman–Crippen MR) is 79.2 cm³/mol. The zero-order valence-corrected chi connectivity index (χ0v) is 11.6. The van der Waals surface area contributed by atoms with Gasteiger partial charge in [0.2, 0.25) is 0 Å². The summed E-state index contributed by atoms with van der Waals surface area (Å²) < 4.78 is 0. The molecule has 1 amide bonds. The van der Waals surface area contributed by atoms with Crippen LogP contribution in [0.15, 0.2) is 30.3 Å². The molecule has 0 saturated heterocycles. The minimum Gasteiger partial charge on any atom is -0.393 e. The number of nitrogen functional groups attached to an aromatic ring is 1. The number of anilines is 2. The molecule has 0 saturated carbocycles. The number of pyridine rings is 1. The molecule has 2 aromatic rings. The van der Waals surface area contributed by atoms with Gasteiger partial charge in [-0.05, 0) is 43.7 Å². The standard InChI is InChI=1S/C14H14N4O3/c1-8-6-9(2)16-12(7-8)17-14(19)10-4-3-5-11(15)13(10)18(20)21/h3-7H,15H2,1-2H3,(H,16,17,19). The molecule has 0 unspecified atom stereocenters. The summed E-state index contributed by atoms with van der Waals surface area (Å²) in [5, 5.41) is 13.6. The Bertz CT molecular complexity index is 708. The average Bonchev–Trinajstić information content (AvgIpc) is 2.36. The van der Waals surface area contributed by atoms with Crippen molar-refractivity contribution in [1.82, 2.24) is 4.98 Å². The number of benzene rings is 1. The van der Waals surface area contributed by atoms with Gasteiger partial charge < -0.3 is 11.1 Å². The van der Waals surface area contributed by atoms with Gasteiger partial charge in [-0.1, -0.05) is 6.07 Å². The van der Waals surface area contributed by atoms with Crippen LogP contribution in [0.25, 0.3) is 0 Å². The van der Waals surface area contributed by atoms with Gasteiger partial charge in [-0.3, -0.25) is 14.9 Å². The van der Waals surface area contributed by atoms with E-state index >= 15 is 0 Å². The molecular formula is C14H14N4O3. The number of carbonyl (C=O) groups excluding carboxylic acids is 1. The minimum atomic E-state index is -0.667. The fraction of sp³-hybridized carbons (Fsp3) is 0.143. The highest BCUT2D eigenvalue weighted by Gasteiger charge is 2.23. The molecule has 0 bridgehead atoms. The van der Waals surface area contributed by atoms with Gasteiger partial charge in [-0.25, -0.2) is 4.98 Å². The third kappa shape index (κ3) is 3.14. The van der Waals surface area contributed by atoms with Crippen LogP contribution in [0.1, 0.15) is 21.6 Å². The number of nitrogens with two attached hydrogens (primary N) is 1. The topological polar surface area (TPSA) is 111 Å². The first kappa shape index (κ1) is 14.4. The summed E-state index contributed by atoms with van der Waals surface area (Å²) in [7, 11) is 0. The van der Waals surface area contributed by atoms with E-state index in [2.05, 4.69) is 10.3 Å². The van der Waals surface area contributed by atoms with E-state index in [0.717, 1.165) is 11.3 Å². The molecule has 21 heavy (non-hydrogen) atoms. The Morgan fingerprint density at radius 3 is 2.67 bits per heavy atom. The molecule has 1 aromatic carbocycles. The number of nitrogens with zero attached hydrogens (tertiary/aromatic N) is 2. The first-order valence-electron chi connectivity index (χ1n) is 6.18. The van der Waals surface area contributed by atoms with E-state index in [-0.39, 0.29) is 11.3 Å². The van der Waals surface area contributed by atoms with E-state index in [0.29, 0.717) is 5.82 Å². The Balaban J connectivity index is 2.37. The fourth-order valence-corrected chi connectivity index (χ4v) is 2.04. The van der Waals surface area contributed by atoms with Crippen LogP contribution in [-0.4, -0.2) is 15.8 Å². The molecule has 3 N–H and O–H groups in total. The fourth-order valence-electron chi connectivity index (χ4n) is 2.04. The number of nitrogens with one attached hydrogen (secondary N) is 1. The molecule has 0 fully saturated rings. The van der Waals surface area contributed by atoms with Crippen LogP contribution in [0.4, 0.5) is 17.2 Å². The molecule has 108 valence electrons. The van der Waals surface area contributed by atoms with Crippen LogP contribution in [0.2, 0.25) is 0 Å². The molecule has 1 aromatic heterocycles. The second-order valence-electron chi connectivity index (χ2n) is 4.63. The van der Waals surface area contributed by atoms with Gasteiger partial charge in [0.25, 0.3) is 5.91 Å². The zero-order chi connectivity index (χ0) is 15.6. The second-order valence-corrected chi connectivity index (χ2v) is 4.63. The number of aryl methyl sites for hydroxylation is 2. The number of hydrogen-bond acceptors (Lipinski definition) is 5. The van der Waals surface area contributed by atoms with Crippen molar-refractivity contribution in [3.63, 3.8) is 0 Å². The van der Waals surface area contributed by atoms with Crippen molar-refractivity contribution in [3.05, 3.63) is 57.3 Å². The molecule has 0 aliphatic carbocycles. The Morgan fingerprint density at radius 2 is 2.05 bits per heavy atom. The number of aromatic nitrogens is 1. The second kappa shape index (κ2) is 5.58. The van der Waals surface area contributed by atoms with E-state index in [9.17, 15) is 14.9 Å². The van der Waals surface area contributed by atoms with Gasteiger partial charge in [0.1, 0.15) is 17.1 Å². The van der Waals surface area contributed by atoms with Crippen molar-refractivity contribution < 1.29 is 9.72 Å². The first-order chi connectivity index (χ1) is 9.88. The summed E-state index contributed by atoms with van der Waals surface area (Å²) in [6.07, 6.45) is 0. The summed E-state index contributed by atoms with van der Waals surface area (Å²) in [6, 6.07) is 7.77. The van der Waals surface area contributed by atoms with Crippen molar-refractivity contribution in [2.24, 2.45) is 0 Å². The molecule has 1 heterocycles. The molecular weight excluding hydrogens is 272 g/mol. The summed E-state index contributed by atoms with van der Waals surface area (Å²) in [4.78, 5) is 26.7. The molecule has 0 aliphatic heterocycles. The monoisotopic (exact) mass is 286 g/mol. The highest BCUT2D eigenvalue weighted by Crippen LogP contribution is 2.26. The Hall–Kier alpha value is -2.96.